The molecule has 1 atom stereocenters. The van der Waals surface area contributed by atoms with Crippen LogP contribution in [0.4, 0.5) is 0 Å². The SMILES string of the molecule is CCCOC(=O)CC(O)C(=O)OCCC.N. The molecule has 96 valence electrons. The average molecular weight is 235 g/mol. The Balaban J connectivity index is 0. The zero-order valence-electron chi connectivity index (χ0n) is 9.90. The quantitative estimate of drug-likeness (QED) is 0.632. The largest absolute Gasteiger partial charge is 0.466 e. The lowest BCUT2D eigenvalue weighted by Crippen LogP contribution is -2.27. The summed E-state index contributed by atoms with van der Waals surface area (Å²) in [5.74, 6) is -1.36. The number of esters is 2. The summed E-state index contributed by atoms with van der Waals surface area (Å²) in [6.45, 7) is 4.25. The van der Waals surface area contributed by atoms with Crippen LogP contribution in [0.3, 0.4) is 0 Å². The number of rotatable bonds is 7. The van der Waals surface area contributed by atoms with E-state index in [0.29, 0.717) is 19.4 Å². The van der Waals surface area contributed by atoms with Crippen LogP contribution in [-0.4, -0.2) is 36.4 Å². The van der Waals surface area contributed by atoms with Crippen LogP contribution in [0.1, 0.15) is 33.1 Å². The van der Waals surface area contributed by atoms with Crippen LogP contribution >= 0.6 is 0 Å². The summed E-state index contributed by atoms with van der Waals surface area (Å²) in [4.78, 5) is 22.0. The van der Waals surface area contributed by atoms with Gasteiger partial charge in [0.1, 0.15) is 0 Å². The molecular formula is C10H21NO5. The van der Waals surface area contributed by atoms with E-state index in [4.69, 9.17) is 4.74 Å². The maximum Gasteiger partial charge on any atom is 0.335 e. The Kier molecular flexibility index (Phi) is 11.2. The van der Waals surface area contributed by atoms with E-state index in [1.54, 1.807) is 0 Å². The Labute approximate surface area is 95.5 Å². The number of hydrogen-bond acceptors (Lipinski definition) is 6. The smallest absolute Gasteiger partial charge is 0.335 e. The molecule has 0 saturated carbocycles. The molecule has 6 heteroatoms. The van der Waals surface area contributed by atoms with Crippen molar-refractivity contribution in [3.8, 4) is 0 Å². The minimum Gasteiger partial charge on any atom is -0.466 e. The number of hydrogen-bond donors (Lipinski definition) is 2. The third-order valence-electron chi connectivity index (χ3n) is 1.55. The molecule has 0 spiro atoms. The van der Waals surface area contributed by atoms with Crippen molar-refractivity contribution in [2.24, 2.45) is 0 Å². The molecule has 0 saturated heterocycles. The first-order chi connectivity index (χ1) is 7.11. The molecule has 0 aliphatic heterocycles. The van der Waals surface area contributed by atoms with Gasteiger partial charge in [-0.3, -0.25) is 4.79 Å². The Hall–Kier alpha value is -1.14. The van der Waals surface area contributed by atoms with Crippen molar-refractivity contribution in [1.82, 2.24) is 6.15 Å². The standard InChI is InChI=1S/C10H18O5.H3N/c1-3-5-14-9(12)7-8(11)10(13)15-6-4-2;/h8,11H,3-7H2,1-2H3;1H3. The molecule has 0 amide bonds. The normalized spacial score (nSPS) is 11.2. The Morgan fingerprint density at radius 3 is 2.12 bits per heavy atom. The molecule has 0 aliphatic carbocycles. The molecule has 0 rings (SSSR count). The molecule has 0 aromatic rings. The first-order valence-electron chi connectivity index (χ1n) is 5.12. The second kappa shape index (κ2) is 10.4. The van der Waals surface area contributed by atoms with Crippen molar-refractivity contribution < 1.29 is 24.2 Å². The van der Waals surface area contributed by atoms with Crippen molar-refractivity contribution in [2.45, 2.75) is 39.2 Å². The molecule has 0 aromatic carbocycles. The van der Waals surface area contributed by atoms with E-state index in [9.17, 15) is 14.7 Å². The van der Waals surface area contributed by atoms with Crippen molar-refractivity contribution in [3.05, 3.63) is 0 Å². The third-order valence-corrected chi connectivity index (χ3v) is 1.55. The summed E-state index contributed by atoms with van der Waals surface area (Å²) < 4.78 is 9.37. The predicted molar refractivity (Wildman–Crippen MR) is 58.1 cm³/mol. The van der Waals surface area contributed by atoms with Crippen LogP contribution < -0.4 is 6.15 Å². The van der Waals surface area contributed by atoms with Gasteiger partial charge in [0.2, 0.25) is 0 Å². The van der Waals surface area contributed by atoms with Crippen LogP contribution in [0.2, 0.25) is 0 Å². The molecule has 0 aromatic heterocycles. The number of aliphatic hydroxyl groups is 1. The molecule has 6 nitrogen and oxygen atoms in total. The van der Waals surface area contributed by atoms with Crippen molar-refractivity contribution in [1.29, 1.82) is 0 Å². The van der Waals surface area contributed by atoms with Gasteiger partial charge in [0.25, 0.3) is 0 Å². The minimum absolute atomic E-state index is 0. The van der Waals surface area contributed by atoms with Crippen molar-refractivity contribution in [3.63, 3.8) is 0 Å². The Morgan fingerprint density at radius 2 is 1.62 bits per heavy atom. The fraction of sp³-hybridized carbons (Fsp3) is 0.800. The number of carbonyl (C=O) groups excluding carboxylic acids is 2. The van der Waals surface area contributed by atoms with Gasteiger partial charge >= 0.3 is 11.9 Å². The maximum absolute atomic E-state index is 11.0. The van der Waals surface area contributed by atoms with E-state index >= 15 is 0 Å². The van der Waals surface area contributed by atoms with Gasteiger partial charge in [0, 0.05) is 0 Å². The van der Waals surface area contributed by atoms with E-state index in [1.165, 1.54) is 0 Å². The zero-order valence-corrected chi connectivity index (χ0v) is 9.90. The van der Waals surface area contributed by atoms with Crippen LogP contribution in [0, 0.1) is 0 Å². The molecule has 16 heavy (non-hydrogen) atoms. The van der Waals surface area contributed by atoms with Gasteiger partial charge in [-0.15, -0.1) is 0 Å². The van der Waals surface area contributed by atoms with Gasteiger partial charge < -0.3 is 20.7 Å². The highest BCUT2D eigenvalue weighted by molar-refractivity contribution is 5.81. The van der Waals surface area contributed by atoms with Crippen LogP contribution in [0.5, 0.6) is 0 Å². The van der Waals surface area contributed by atoms with Crippen LogP contribution in [-0.2, 0) is 19.1 Å². The van der Waals surface area contributed by atoms with Gasteiger partial charge in [-0.05, 0) is 12.8 Å². The van der Waals surface area contributed by atoms with Crippen LogP contribution in [0.25, 0.3) is 0 Å². The van der Waals surface area contributed by atoms with Crippen molar-refractivity contribution >= 4 is 11.9 Å². The van der Waals surface area contributed by atoms with Gasteiger partial charge in [-0.25, -0.2) is 4.79 Å². The fourth-order valence-corrected chi connectivity index (χ4v) is 0.815. The predicted octanol–water partition coefficient (Wildman–Crippen LogP) is 0.806. The molecule has 0 fully saturated rings. The summed E-state index contributed by atoms with van der Waals surface area (Å²) in [7, 11) is 0. The number of aliphatic hydroxyl groups excluding tert-OH is 1. The first kappa shape index (κ1) is 17.3. The number of ether oxygens (including phenoxy) is 2. The Morgan fingerprint density at radius 1 is 1.12 bits per heavy atom. The summed E-state index contributed by atoms with van der Waals surface area (Å²) in [6, 6.07) is 0. The second-order valence-corrected chi connectivity index (χ2v) is 3.11. The minimum atomic E-state index is -1.42. The highest BCUT2D eigenvalue weighted by Gasteiger charge is 2.20. The molecule has 1 unspecified atom stereocenters. The first-order valence-corrected chi connectivity index (χ1v) is 5.12. The van der Waals surface area contributed by atoms with E-state index in [1.807, 2.05) is 13.8 Å². The Bertz CT molecular complexity index is 207. The maximum atomic E-state index is 11.0. The highest BCUT2D eigenvalue weighted by atomic mass is 16.6. The summed E-state index contributed by atoms with van der Waals surface area (Å²) in [5, 5.41) is 9.24. The molecule has 0 bridgehead atoms. The zero-order chi connectivity index (χ0) is 11.7. The molecule has 0 heterocycles. The van der Waals surface area contributed by atoms with E-state index in [2.05, 4.69) is 4.74 Å². The molecule has 4 N–H and O–H groups in total. The molecular weight excluding hydrogens is 214 g/mol. The topological polar surface area (TPSA) is 108 Å². The summed E-state index contributed by atoms with van der Waals surface area (Å²) in [5.41, 5.74) is 0. The lowest BCUT2D eigenvalue weighted by Gasteiger charge is -2.09. The van der Waals surface area contributed by atoms with Gasteiger partial charge in [-0.1, -0.05) is 13.8 Å². The number of carbonyl (C=O) groups is 2. The lowest BCUT2D eigenvalue weighted by atomic mass is 10.2. The molecule has 0 radical (unpaired) electrons. The van der Waals surface area contributed by atoms with E-state index in [-0.39, 0.29) is 19.2 Å². The summed E-state index contributed by atoms with van der Waals surface area (Å²) in [6.07, 6.45) is -0.371. The van der Waals surface area contributed by atoms with Gasteiger partial charge in [0.15, 0.2) is 6.10 Å². The highest BCUT2D eigenvalue weighted by Crippen LogP contribution is 1.99. The monoisotopic (exact) mass is 235 g/mol. The average Bonchev–Trinajstić information content (AvgIpc) is 2.22. The summed E-state index contributed by atoms with van der Waals surface area (Å²) >= 11 is 0. The van der Waals surface area contributed by atoms with E-state index < -0.39 is 18.0 Å². The fourth-order valence-electron chi connectivity index (χ4n) is 0.815. The van der Waals surface area contributed by atoms with Gasteiger partial charge in [0.05, 0.1) is 19.6 Å². The third kappa shape index (κ3) is 8.19. The lowest BCUT2D eigenvalue weighted by molar-refractivity contribution is -0.160. The molecule has 0 aliphatic rings. The van der Waals surface area contributed by atoms with Crippen LogP contribution in [0.15, 0.2) is 0 Å². The van der Waals surface area contributed by atoms with Crippen molar-refractivity contribution in [2.75, 3.05) is 13.2 Å². The second-order valence-electron chi connectivity index (χ2n) is 3.11. The van der Waals surface area contributed by atoms with E-state index in [0.717, 1.165) is 0 Å². The van der Waals surface area contributed by atoms with Gasteiger partial charge in [-0.2, -0.15) is 0 Å².